The SMILES string of the molecule is Cc1nc(-c2ccc(Br)cc2Cl)nc(N)c1Br. The highest BCUT2D eigenvalue weighted by Crippen LogP contribution is 2.30. The molecule has 1 heterocycles. The first-order valence-corrected chi connectivity index (χ1v) is 6.70. The third kappa shape index (κ3) is 2.61. The van der Waals surface area contributed by atoms with Gasteiger partial charge in [-0.3, -0.25) is 0 Å². The van der Waals surface area contributed by atoms with E-state index in [9.17, 15) is 0 Å². The Kier molecular flexibility index (Phi) is 3.70. The number of benzene rings is 1. The highest BCUT2D eigenvalue weighted by molar-refractivity contribution is 9.10. The zero-order valence-electron chi connectivity index (χ0n) is 8.84. The normalized spacial score (nSPS) is 10.6. The molecule has 2 rings (SSSR count). The summed E-state index contributed by atoms with van der Waals surface area (Å²) in [5.41, 5.74) is 7.33. The van der Waals surface area contributed by atoms with Crippen LogP contribution in [0.1, 0.15) is 5.69 Å². The highest BCUT2D eigenvalue weighted by Gasteiger charge is 2.11. The summed E-state index contributed by atoms with van der Waals surface area (Å²) in [6, 6.07) is 5.54. The predicted molar refractivity (Wildman–Crippen MR) is 77.0 cm³/mol. The second-order valence-corrected chi connectivity index (χ2v) is 5.57. The van der Waals surface area contributed by atoms with Crippen LogP contribution in [0.5, 0.6) is 0 Å². The summed E-state index contributed by atoms with van der Waals surface area (Å²) in [6.07, 6.45) is 0. The molecule has 3 nitrogen and oxygen atoms in total. The summed E-state index contributed by atoms with van der Waals surface area (Å²) in [4.78, 5) is 8.57. The maximum Gasteiger partial charge on any atom is 0.163 e. The van der Waals surface area contributed by atoms with Crippen molar-refractivity contribution < 1.29 is 0 Å². The zero-order chi connectivity index (χ0) is 12.6. The van der Waals surface area contributed by atoms with E-state index in [2.05, 4.69) is 41.8 Å². The highest BCUT2D eigenvalue weighted by atomic mass is 79.9. The number of nitrogens with zero attached hydrogens (tertiary/aromatic N) is 2. The molecule has 17 heavy (non-hydrogen) atoms. The van der Waals surface area contributed by atoms with Crippen LogP contribution < -0.4 is 5.73 Å². The van der Waals surface area contributed by atoms with Crippen LogP contribution in [-0.4, -0.2) is 9.97 Å². The molecule has 0 unspecified atom stereocenters. The second-order valence-electron chi connectivity index (χ2n) is 3.46. The van der Waals surface area contributed by atoms with Gasteiger partial charge in [-0.05, 0) is 41.1 Å². The Hall–Kier alpha value is -0.650. The van der Waals surface area contributed by atoms with Crippen LogP contribution in [0.15, 0.2) is 27.1 Å². The van der Waals surface area contributed by atoms with Crippen LogP contribution in [-0.2, 0) is 0 Å². The van der Waals surface area contributed by atoms with Crippen molar-refractivity contribution in [3.05, 3.63) is 37.9 Å². The van der Waals surface area contributed by atoms with Gasteiger partial charge >= 0.3 is 0 Å². The average Bonchev–Trinajstić information content (AvgIpc) is 2.25. The van der Waals surface area contributed by atoms with Crippen LogP contribution in [0.2, 0.25) is 5.02 Å². The number of anilines is 1. The van der Waals surface area contributed by atoms with Gasteiger partial charge < -0.3 is 5.73 Å². The minimum absolute atomic E-state index is 0.409. The van der Waals surface area contributed by atoms with Crippen molar-refractivity contribution in [2.24, 2.45) is 0 Å². The van der Waals surface area contributed by atoms with Crippen LogP contribution in [0, 0.1) is 6.92 Å². The summed E-state index contributed by atoms with van der Waals surface area (Å²) in [7, 11) is 0. The topological polar surface area (TPSA) is 51.8 Å². The Morgan fingerprint density at radius 3 is 2.53 bits per heavy atom. The Morgan fingerprint density at radius 2 is 1.94 bits per heavy atom. The van der Waals surface area contributed by atoms with Crippen molar-refractivity contribution in [1.29, 1.82) is 0 Å². The lowest BCUT2D eigenvalue weighted by Gasteiger charge is -2.07. The fraction of sp³-hybridized carbons (Fsp3) is 0.0909. The van der Waals surface area contributed by atoms with E-state index in [1.54, 1.807) is 6.07 Å². The molecule has 0 saturated heterocycles. The molecule has 0 saturated carbocycles. The van der Waals surface area contributed by atoms with Gasteiger partial charge in [0.1, 0.15) is 5.82 Å². The molecule has 1 aromatic carbocycles. The van der Waals surface area contributed by atoms with E-state index in [-0.39, 0.29) is 0 Å². The number of aromatic nitrogens is 2. The third-order valence-corrected chi connectivity index (χ3v) is 4.00. The first-order chi connectivity index (χ1) is 7.99. The minimum atomic E-state index is 0.409. The lowest BCUT2D eigenvalue weighted by molar-refractivity contribution is 1.10. The van der Waals surface area contributed by atoms with Crippen LogP contribution in [0.25, 0.3) is 11.4 Å². The number of aryl methyl sites for hydroxylation is 1. The van der Waals surface area contributed by atoms with Gasteiger partial charge in [0.05, 0.1) is 15.2 Å². The zero-order valence-corrected chi connectivity index (χ0v) is 12.8. The van der Waals surface area contributed by atoms with Gasteiger partial charge in [-0.1, -0.05) is 27.5 Å². The monoisotopic (exact) mass is 375 g/mol. The Morgan fingerprint density at radius 1 is 1.24 bits per heavy atom. The standard InChI is InChI=1S/C11H8Br2ClN3/c1-5-9(13)10(15)17-11(16-5)7-3-2-6(12)4-8(7)14/h2-4H,1H3,(H2,15,16,17). The molecule has 2 N–H and O–H groups in total. The number of rotatable bonds is 1. The summed E-state index contributed by atoms with van der Waals surface area (Å²) in [6.45, 7) is 1.86. The molecule has 0 spiro atoms. The van der Waals surface area contributed by atoms with E-state index in [1.165, 1.54) is 0 Å². The molecule has 0 aliphatic heterocycles. The lowest BCUT2D eigenvalue weighted by Crippen LogP contribution is -2.00. The summed E-state index contributed by atoms with van der Waals surface area (Å²) in [5, 5.41) is 0.584. The van der Waals surface area contributed by atoms with Gasteiger partial charge in [0, 0.05) is 10.0 Å². The number of halogens is 3. The van der Waals surface area contributed by atoms with Crippen LogP contribution in [0.4, 0.5) is 5.82 Å². The van der Waals surface area contributed by atoms with E-state index >= 15 is 0 Å². The summed E-state index contributed by atoms with van der Waals surface area (Å²) >= 11 is 12.8. The molecule has 0 aliphatic rings. The van der Waals surface area contributed by atoms with Gasteiger partial charge in [-0.15, -0.1) is 0 Å². The molecule has 0 fully saturated rings. The Labute approximate surface area is 121 Å². The Balaban J connectivity index is 2.61. The summed E-state index contributed by atoms with van der Waals surface area (Å²) in [5.74, 6) is 0.937. The van der Waals surface area contributed by atoms with Crippen molar-refractivity contribution in [3.63, 3.8) is 0 Å². The average molecular weight is 377 g/mol. The van der Waals surface area contributed by atoms with E-state index in [1.807, 2.05) is 19.1 Å². The minimum Gasteiger partial charge on any atom is -0.383 e. The largest absolute Gasteiger partial charge is 0.383 e. The van der Waals surface area contributed by atoms with Gasteiger partial charge in [-0.25, -0.2) is 9.97 Å². The van der Waals surface area contributed by atoms with Crippen molar-refractivity contribution in [1.82, 2.24) is 9.97 Å². The molecule has 0 bridgehead atoms. The fourth-order valence-corrected chi connectivity index (χ4v) is 2.31. The molecule has 88 valence electrons. The van der Waals surface area contributed by atoms with E-state index in [0.29, 0.717) is 16.7 Å². The predicted octanol–water partition coefficient (Wildman–Crippen LogP) is 4.21. The van der Waals surface area contributed by atoms with Crippen molar-refractivity contribution >= 4 is 49.3 Å². The van der Waals surface area contributed by atoms with E-state index in [4.69, 9.17) is 17.3 Å². The molecule has 0 amide bonds. The third-order valence-electron chi connectivity index (χ3n) is 2.21. The van der Waals surface area contributed by atoms with Crippen LogP contribution >= 0.6 is 43.5 Å². The Bertz CT molecular complexity index is 564. The first kappa shape index (κ1) is 12.8. The van der Waals surface area contributed by atoms with Gasteiger partial charge in [0.25, 0.3) is 0 Å². The maximum atomic E-state index is 6.15. The maximum absolute atomic E-state index is 6.15. The molecule has 0 atom stereocenters. The number of hydrogen-bond acceptors (Lipinski definition) is 3. The molecule has 0 aliphatic carbocycles. The fourth-order valence-electron chi connectivity index (χ4n) is 1.37. The number of nitrogens with two attached hydrogens (primary N) is 1. The van der Waals surface area contributed by atoms with Crippen molar-refractivity contribution in [2.75, 3.05) is 5.73 Å². The van der Waals surface area contributed by atoms with Gasteiger partial charge in [0.15, 0.2) is 5.82 Å². The molecular formula is C11H8Br2ClN3. The molecule has 0 radical (unpaired) electrons. The van der Waals surface area contributed by atoms with Crippen molar-refractivity contribution in [2.45, 2.75) is 6.92 Å². The van der Waals surface area contributed by atoms with Crippen LogP contribution in [0.3, 0.4) is 0 Å². The smallest absolute Gasteiger partial charge is 0.163 e. The first-order valence-electron chi connectivity index (χ1n) is 4.74. The van der Waals surface area contributed by atoms with Gasteiger partial charge in [0.2, 0.25) is 0 Å². The van der Waals surface area contributed by atoms with Gasteiger partial charge in [-0.2, -0.15) is 0 Å². The van der Waals surface area contributed by atoms with Crippen molar-refractivity contribution in [3.8, 4) is 11.4 Å². The molecule has 1 aromatic heterocycles. The number of hydrogen-bond donors (Lipinski definition) is 1. The lowest BCUT2D eigenvalue weighted by atomic mass is 10.2. The van der Waals surface area contributed by atoms with E-state index in [0.717, 1.165) is 20.2 Å². The number of nitrogen functional groups attached to an aromatic ring is 1. The molecule has 6 heteroatoms. The summed E-state index contributed by atoms with van der Waals surface area (Å²) < 4.78 is 1.63. The molecule has 2 aromatic rings. The quantitative estimate of drug-likeness (QED) is 0.810. The second kappa shape index (κ2) is 4.92. The molecular weight excluding hydrogens is 369 g/mol. The van der Waals surface area contributed by atoms with E-state index < -0.39 is 0 Å².